The van der Waals surface area contributed by atoms with Crippen molar-refractivity contribution in [3.05, 3.63) is 53.6 Å². The second-order valence-electron chi connectivity index (χ2n) is 7.30. The van der Waals surface area contributed by atoms with E-state index >= 15 is 0 Å². The van der Waals surface area contributed by atoms with E-state index in [0.29, 0.717) is 29.5 Å². The maximum atomic E-state index is 13.0. The first-order valence-corrected chi connectivity index (χ1v) is 10.3. The molecular weight excluding hydrogens is 412 g/mol. The molecule has 0 aromatic heterocycles. The number of ether oxygens (including phenoxy) is 4. The van der Waals surface area contributed by atoms with Gasteiger partial charge in [0, 0.05) is 12.6 Å². The number of nitrogens with zero attached hydrogens (tertiary/aromatic N) is 1. The molecule has 2 aromatic rings. The topological polar surface area (TPSA) is 100 Å². The molecule has 0 radical (unpaired) electrons. The zero-order chi connectivity index (χ0) is 23.1. The van der Waals surface area contributed by atoms with E-state index in [1.807, 2.05) is 23.1 Å². The fraction of sp³-hybridized carbons (Fsp3) is 0.333. The monoisotopic (exact) mass is 440 g/mol. The lowest BCUT2D eigenvalue weighted by Crippen LogP contribution is -2.28. The molecule has 2 N–H and O–H groups in total. The molecule has 1 aliphatic rings. The molecule has 3 rings (SSSR count). The highest BCUT2D eigenvalue weighted by molar-refractivity contribution is 5.92. The molecule has 0 aliphatic carbocycles. The van der Waals surface area contributed by atoms with Crippen LogP contribution in [-0.2, 0) is 9.59 Å². The average molecular weight is 440 g/mol. The Bertz CT molecular complexity index is 1000. The summed E-state index contributed by atoms with van der Waals surface area (Å²) in [4.78, 5) is 25.7. The molecule has 170 valence electrons. The third-order valence-electron chi connectivity index (χ3n) is 5.30. The second kappa shape index (κ2) is 10.6. The minimum atomic E-state index is -0.573. The van der Waals surface area contributed by atoms with Gasteiger partial charge in [-0.1, -0.05) is 12.1 Å². The molecule has 1 atom stereocenters. The molecule has 1 heterocycles. The van der Waals surface area contributed by atoms with Crippen LogP contribution in [0.25, 0.3) is 6.08 Å². The highest BCUT2D eigenvalue weighted by Gasteiger charge is 2.29. The van der Waals surface area contributed by atoms with Gasteiger partial charge in [-0.3, -0.25) is 9.59 Å². The summed E-state index contributed by atoms with van der Waals surface area (Å²) in [6, 6.07) is 10.9. The molecule has 8 nitrogen and oxygen atoms in total. The molecule has 0 bridgehead atoms. The average Bonchev–Trinajstić information content (AvgIpc) is 3.30. The van der Waals surface area contributed by atoms with Gasteiger partial charge in [0.05, 0.1) is 27.4 Å². The van der Waals surface area contributed by atoms with Crippen molar-refractivity contribution >= 4 is 17.9 Å². The Balaban J connectivity index is 1.74. The van der Waals surface area contributed by atoms with Gasteiger partial charge in [0.15, 0.2) is 29.6 Å². The summed E-state index contributed by atoms with van der Waals surface area (Å²) in [5, 5.41) is 0. The number of primary amides is 1. The Hall–Kier alpha value is -3.68. The van der Waals surface area contributed by atoms with Crippen LogP contribution < -0.4 is 24.7 Å². The van der Waals surface area contributed by atoms with Gasteiger partial charge in [0.25, 0.3) is 5.91 Å². The van der Waals surface area contributed by atoms with E-state index in [4.69, 9.17) is 24.7 Å². The lowest BCUT2D eigenvalue weighted by molar-refractivity contribution is -0.126. The maximum Gasteiger partial charge on any atom is 0.255 e. The number of carbonyl (C=O) groups is 2. The summed E-state index contributed by atoms with van der Waals surface area (Å²) >= 11 is 0. The van der Waals surface area contributed by atoms with Crippen LogP contribution in [0.5, 0.6) is 23.0 Å². The van der Waals surface area contributed by atoms with Crippen LogP contribution in [-0.4, -0.2) is 51.2 Å². The van der Waals surface area contributed by atoms with Gasteiger partial charge in [-0.15, -0.1) is 0 Å². The van der Waals surface area contributed by atoms with Gasteiger partial charge in [0.2, 0.25) is 5.91 Å². The van der Waals surface area contributed by atoms with Crippen molar-refractivity contribution in [3.8, 4) is 23.0 Å². The van der Waals surface area contributed by atoms with Crippen molar-refractivity contribution in [1.29, 1.82) is 0 Å². The third-order valence-corrected chi connectivity index (χ3v) is 5.30. The highest BCUT2D eigenvalue weighted by Crippen LogP contribution is 2.37. The van der Waals surface area contributed by atoms with Crippen LogP contribution in [0.4, 0.5) is 0 Å². The van der Waals surface area contributed by atoms with Crippen LogP contribution in [0.3, 0.4) is 0 Å². The quantitative estimate of drug-likeness (QED) is 0.602. The Morgan fingerprint density at radius 3 is 2.38 bits per heavy atom. The fourth-order valence-corrected chi connectivity index (χ4v) is 3.76. The van der Waals surface area contributed by atoms with Crippen LogP contribution in [0.15, 0.2) is 42.5 Å². The molecule has 1 fully saturated rings. The van der Waals surface area contributed by atoms with E-state index < -0.39 is 5.91 Å². The number of methoxy groups -OCH3 is 3. The Morgan fingerprint density at radius 1 is 1.00 bits per heavy atom. The van der Waals surface area contributed by atoms with E-state index in [9.17, 15) is 9.59 Å². The van der Waals surface area contributed by atoms with Crippen LogP contribution >= 0.6 is 0 Å². The molecule has 2 amide bonds. The first kappa shape index (κ1) is 23.0. The van der Waals surface area contributed by atoms with E-state index in [2.05, 4.69) is 0 Å². The number of nitrogens with two attached hydrogens (primary N) is 1. The molecule has 32 heavy (non-hydrogen) atoms. The van der Waals surface area contributed by atoms with E-state index in [0.717, 1.165) is 24.0 Å². The number of carbonyl (C=O) groups excluding carboxylic acids is 2. The minimum Gasteiger partial charge on any atom is -0.493 e. The van der Waals surface area contributed by atoms with E-state index in [1.165, 1.54) is 7.11 Å². The van der Waals surface area contributed by atoms with Crippen molar-refractivity contribution in [2.45, 2.75) is 18.9 Å². The number of hydrogen-bond donors (Lipinski definition) is 1. The lowest BCUT2D eigenvalue weighted by Gasteiger charge is -2.24. The number of rotatable bonds is 9. The Morgan fingerprint density at radius 2 is 1.69 bits per heavy atom. The number of amides is 2. The molecule has 0 spiro atoms. The van der Waals surface area contributed by atoms with Crippen molar-refractivity contribution in [2.24, 2.45) is 5.73 Å². The SMILES string of the molecule is COc1ccc(C2CCCN2C(=O)/C=C/c2ccc(OCC(N)=O)c(OC)c2)cc1OC. The summed E-state index contributed by atoms with van der Waals surface area (Å²) in [7, 11) is 4.70. The Labute approximate surface area is 187 Å². The summed E-state index contributed by atoms with van der Waals surface area (Å²) in [5.41, 5.74) is 6.90. The molecular formula is C24H28N2O6. The third kappa shape index (κ3) is 5.32. The summed E-state index contributed by atoms with van der Waals surface area (Å²) in [5.74, 6) is 1.51. The maximum absolute atomic E-state index is 13.0. The van der Waals surface area contributed by atoms with Crippen molar-refractivity contribution in [2.75, 3.05) is 34.5 Å². The zero-order valence-corrected chi connectivity index (χ0v) is 18.5. The number of hydrogen-bond acceptors (Lipinski definition) is 6. The predicted molar refractivity (Wildman–Crippen MR) is 120 cm³/mol. The van der Waals surface area contributed by atoms with Gasteiger partial charge in [0.1, 0.15) is 0 Å². The standard InChI is InChI=1S/C24H28N2O6/c1-29-19-10-8-17(14-22(19)31-3)18-5-4-12-26(18)24(28)11-7-16-6-9-20(21(13-16)30-2)32-15-23(25)27/h6-11,13-14,18H,4-5,12,15H2,1-3H3,(H2,25,27)/b11-7+. The number of likely N-dealkylation sites (tertiary alicyclic amines) is 1. The molecule has 2 aromatic carbocycles. The Kier molecular flexibility index (Phi) is 7.59. The normalized spacial score (nSPS) is 15.6. The summed E-state index contributed by atoms with van der Waals surface area (Å²) < 4.78 is 21.4. The zero-order valence-electron chi connectivity index (χ0n) is 18.5. The fourth-order valence-electron chi connectivity index (χ4n) is 3.76. The van der Waals surface area contributed by atoms with Gasteiger partial charge in [-0.25, -0.2) is 0 Å². The molecule has 1 saturated heterocycles. The van der Waals surface area contributed by atoms with Gasteiger partial charge in [-0.2, -0.15) is 0 Å². The van der Waals surface area contributed by atoms with Crippen LogP contribution in [0.1, 0.15) is 30.0 Å². The van der Waals surface area contributed by atoms with E-state index in [1.54, 1.807) is 44.6 Å². The molecule has 0 saturated carbocycles. The van der Waals surface area contributed by atoms with Crippen molar-refractivity contribution in [3.63, 3.8) is 0 Å². The molecule has 1 aliphatic heterocycles. The highest BCUT2D eigenvalue weighted by atomic mass is 16.5. The first-order valence-electron chi connectivity index (χ1n) is 10.3. The summed E-state index contributed by atoms with van der Waals surface area (Å²) in [6.45, 7) is 0.446. The van der Waals surface area contributed by atoms with Crippen LogP contribution in [0, 0.1) is 0 Å². The van der Waals surface area contributed by atoms with Gasteiger partial charge in [-0.05, 0) is 54.3 Å². The lowest BCUT2D eigenvalue weighted by atomic mass is 10.0. The van der Waals surface area contributed by atoms with Gasteiger partial charge < -0.3 is 29.6 Å². The second-order valence-corrected chi connectivity index (χ2v) is 7.30. The minimum absolute atomic E-state index is 0.0222. The predicted octanol–water partition coefficient (Wildman–Crippen LogP) is 2.95. The van der Waals surface area contributed by atoms with Gasteiger partial charge >= 0.3 is 0 Å². The molecule has 1 unspecified atom stereocenters. The number of benzene rings is 2. The van der Waals surface area contributed by atoms with Crippen LogP contribution in [0.2, 0.25) is 0 Å². The largest absolute Gasteiger partial charge is 0.493 e. The summed E-state index contributed by atoms with van der Waals surface area (Å²) in [6.07, 6.45) is 5.09. The smallest absolute Gasteiger partial charge is 0.255 e. The van der Waals surface area contributed by atoms with Crippen molar-refractivity contribution < 1.29 is 28.5 Å². The molecule has 8 heteroatoms. The van der Waals surface area contributed by atoms with Crippen molar-refractivity contribution in [1.82, 2.24) is 4.90 Å². The first-order chi connectivity index (χ1) is 15.5. The van der Waals surface area contributed by atoms with E-state index in [-0.39, 0.29) is 18.6 Å².